The molecular weight excluding hydrogens is 257 g/mol. The first-order chi connectivity index (χ1) is 8.25. The summed E-state index contributed by atoms with van der Waals surface area (Å²) >= 11 is 11.9. The van der Waals surface area contributed by atoms with Gasteiger partial charge in [0.1, 0.15) is 0 Å². The van der Waals surface area contributed by atoms with Gasteiger partial charge in [0.25, 0.3) is 0 Å². The number of H-pyrrole nitrogens is 1. The fourth-order valence-electron chi connectivity index (χ4n) is 1.55. The van der Waals surface area contributed by atoms with Crippen molar-refractivity contribution in [3.05, 3.63) is 52.0 Å². The van der Waals surface area contributed by atoms with Crippen molar-refractivity contribution in [2.75, 3.05) is 6.54 Å². The van der Waals surface area contributed by atoms with Gasteiger partial charge in [-0.15, -0.1) is 0 Å². The first kappa shape index (κ1) is 12.4. The fraction of sp³-hybridized carbons (Fsp3) is 0.250. The van der Waals surface area contributed by atoms with E-state index in [2.05, 4.69) is 15.3 Å². The smallest absolute Gasteiger partial charge is 0.0922 e. The standard InChI is InChI=1S/C12H13Cl2N3/c13-10-2-1-9(12(14)5-10)3-4-15-6-11-7-16-8-17-11/h1-2,5,7-8,15H,3-4,6H2,(H,16,17). The zero-order valence-electron chi connectivity index (χ0n) is 9.21. The Morgan fingerprint density at radius 2 is 2.18 bits per heavy atom. The predicted molar refractivity (Wildman–Crippen MR) is 70.5 cm³/mol. The second kappa shape index (κ2) is 6.05. The predicted octanol–water partition coefficient (Wildman–Crippen LogP) is 3.05. The third-order valence-electron chi connectivity index (χ3n) is 2.46. The maximum absolute atomic E-state index is 6.08. The summed E-state index contributed by atoms with van der Waals surface area (Å²) in [6.45, 7) is 1.64. The molecule has 0 atom stereocenters. The fourth-order valence-corrected chi connectivity index (χ4v) is 2.05. The Bertz CT molecular complexity index is 469. The van der Waals surface area contributed by atoms with Gasteiger partial charge in [-0.05, 0) is 30.7 Å². The number of halogens is 2. The number of rotatable bonds is 5. The number of hydrogen-bond donors (Lipinski definition) is 2. The summed E-state index contributed by atoms with van der Waals surface area (Å²) < 4.78 is 0. The van der Waals surface area contributed by atoms with Crippen LogP contribution < -0.4 is 5.32 Å². The molecule has 0 fully saturated rings. The SMILES string of the molecule is Clc1ccc(CCNCc2cnc[nH]2)c(Cl)c1. The molecule has 0 aliphatic heterocycles. The lowest BCUT2D eigenvalue weighted by Crippen LogP contribution is -2.16. The summed E-state index contributed by atoms with van der Waals surface area (Å²) in [6.07, 6.45) is 4.36. The maximum Gasteiger partial charge on any atom is 0.0922 e. The highest BCUT2D eigenvalue weighted by atomic mass is 35.5. The van der Waals surface area contributed by atoms with Gasteiger partial charge in [-0.25, -0.2) is 4.98 Å². The second-order valence-corrected chi connectivity index (χ2v) is 4.58. The van der Waals surface area contributed by atoms with E-state index in [0.29, 0.717) is 5.02 Å². The summed E-state index contributed by atoms with van der Waals surface area (Å²) in [5.74, 6) is 0. The van der Waals surface area contributed by atoms with Crippen LogP contribution in [-0.4, -0.2) is 16.5 Å². The van der Waals surface area contributed by atoms with Crippen LogP contribution in [0, 0.1) is 0 Å². The van der Waals surface area contributed by atoms with Gasteiger partial charge in [0.2, 0.25) is 0 Å². The number of nitrogens with zero attached hydrogens (tertiary/aromatic N) is 1. The minimum absolute atomic E-state index is 0.671. The third kappa shape index (κ3) is 3.73. The van der Waals surface area contributed by atoms with E-state index < -0.39 is 0 Å². The Kier molecular flexibility index (Phi) is 4.42. The zero-order valence-corrected chi connectivity index (χ0v) is 10.7. The van der Waals surface area contributed by atoms with Gasteiger partial charge < -0.3 is 10.3 Å². The third-order valence-corrected chi connectivity index (χ3v) is 3.04. The first-order valence-electron chi connectivity index (χ1n) is 5.37. The summed E-state index contributed by atoms with van der Waals surface area (Å²) in [5.41, 5.74) is 2.18. The van der Waals surface area contributed by atoms with Gasteiger partial charge >= 0.3 is 0 Å². The molecular formula is C12H13Cl2N3. The number of imidazole rings is 1. The van der Waals surface area contributed by atoms with E-state index in [0.717, 1.165) is 35.8 Å². The summed E-state index contributed by atoms with van der Waals surface area (Å²) in [5, 5.41) is 4.71. The van der Waals surface area contributed by atoms with E-state index >= 15 is 0 Å². The van der Waals surface area contributed by atoms with Gasteiger partial charge in [0.15, 0.2) is 0 Å². The zero-order chi connectivity index (χ0) is 12.1. The highest BCUT2D eigenvalue weighted by Crippen LogP contribution is 2.20. The van der Waals surface area contributed by atoms with Crippen molar-refractivity contribution in [2.45, 2.75) is 13.0 Å². The molecule has 0 aliphatic carbocycles. The summed E-state index contributed by atoms with van der Waals surface area (Å²) in [4.78, 5) is 6.99. The van der Waals surface area contributed by atoms with E-state index in [1.165, 1.54) is 0 Å². The van der Waals surface area contributed by atoms with Gasteiger partial charge in [-0.3, -0.25) is 0 Å². The molecule has 0 saturated carbocycles. The Morgan fingerprint density at radius 1 is 1.29 bits per heavy atom. The van der Waals surface area contributed by atoms with Crippen LogP contribution in [0.3, 0.4) is 0 Å². The van der Waals surface area contributed by atoms with Crippen molar-refractivity contribution < 1.29 is 0 Å². The van der Waals surface area contributed by atoms with Crippen molar-refractivity contribution >= 4 is 23.2 Å². The second-order valence-electron chi connectivity index (χ2n) is 3.74. The Hall–Kier alpha value is -1.03. The molecule has 2 N–H and O–H groups in total. The molecule has 1 aromatic carbocycles. The van der Waals surface area contributed by atoms with Crippen LogP contribution in [0.25, 0.3) is 0 Å². The molecule has 1 aromatic heterocycles. The minimum Gasteiger partial charge on any atom is -0.347 e. The highest BCUT2D eigenvalue weighted by molar-refractivity contribution is 6.35. The van der Waals surface area contributed by atoms with Crippen molar-refractivity contribution in [3.8, 4) is 0 Å². The molecule has 0 aliphatic rings. The summed E-state index contributed by atoms with van der Waals surface area (Å²) in [7, 11) is 0. The van der Waals surface area contributed by atoms with Crippen molar-refractivity contribution in [1.82, 2.24) is 15.3 Å². The summed E-state index contributed by atoms with van der Waals surface area (Å²) in [6, 6.07) is 5.59. The lowest BCUT2D eigenvalue weighted by atomic mass is 10.1. The quantitative estimate of drug-likeness (QED) is 0.820. The van der Waals surface area contributed by atoms with E-state index in [1.54, 1.807) is 12.4 Å². The number of hydrogen-bond acceptors (Lipinski definition) is 2. The molecule has 3 nitrogen and oxygen atoms in total. The van der Waals surface area contributed by atoms with Crippen LogP contribution in [0.5, 0.6) is 0 Å². The van der Waals surface area contributed by atoms with Crippen LogP contribution in [-0.2, 0) is 13.0 Å². The molecule has 90 valence electrons. The molecule has 0 radical (unpaired) electrons. The molecule has 0 spiro atoms. The van der Waals surface area contributed by atoms with Gasteiger partial charge in [-0.1, -0.05) is 29.3 Å². The maximum atomic E-state index is 6.08. The number of aromatic nitrogens is 2. The molecule has 1 heterocycles. The number of aromatic amines is 1. The molecule has 5 heteroatoms. The van der Waals surface area contributed by atoms with E-state index in [9.17, 15) is 0 Å². The molecule has 0 saturated heterocycles. The number of nitrogens with one attached hydrogen (secondary N) is 2. The van der Waals surface area contributed by atoms with E-state index in [4.69, 9.17) is 23.2 Å². The van der Waals surface area contributed by atoms with E-state index in [-0.39, 0.29) is 0 Å². The van der Waals surface area contributed by atoms with Crippen LogP contribution >= 0.6 is 23.2 Å². The molecule has 2 aromatic rings. The average molecular weight is 270 g/mol. The minimum atomic E-state index is 0.671. The molecule has 0 amide bonds. The Balaban J connectivity index is 1.78. The molecule has 2 rings (SSSR count). The monoisotopic (exact) mass is 269 g/mol. The normalized spacial score (nSPS) is 10.7. The molecule has 0 unspecified atom stereocenters. The Labute approximate surface area is 110 Å². The number of benzene rings is 1. The van der Waals surface area contributed by atoms with Crippen molar-refractivity contribution in [3.63, 3.8) is 0 Å². The van der Waals surface area contributed by atoms with Gasteiger partial charge in [0, 0.05) is 28.5 Å². The Morgan fingerprint density at radius 3 is 2.88 bits per heavy atom. The van der Waals surface area contributed by atoms with Crippen LogP contribution in [0.4, 0.5) is 0 Å². The topological polar surface area (TPSA) is 40.7 Å². The molecule has 17 heavy (non-hydrogen) atoms. The molecule has 0 bridgehead atoms. The van der Waals surface area contributed by atoms with Crippen molar-refractivity contribution in [2.24, 2.45) is 0 Å². The van der Waals surface area contributed by atoms with Gasteiger partial charge in [0.05, 0.1) is 6.33 Å². The largest absolute Gasteiger partial charge is 0.347 e. The van der Waals surface area contributed by atoms with E-state index in [1.807, 2.05) is 18.3 Å². The van der Waals surface area contributed by atoms with Crippen LogP contribution in [0.1, 0.15) is 11.3 Å². The average Bonchev–Trinajstić information content (AvgIpc) is 2.79. The highest BCUT2D eigenvalue weighted by Gasteiger charge is 2.01. The van der Waals surface area contributed by atoms with Gasteiger partial charge in [-0.2, -0.15) is 0 Å². The van der Waals surface area contributed by atoms with Crippen LogP contribution in [0.2, 0.25) is 10.0 Å². The lowest BCUT2D eigenvalue weighted by Gasteiger charge is -2.05. The van der Waals surface area contributed by atoms with Crippen LogP contribution in [0.15, 0.2) is 30.7 Å². The van der Waals surface area contributed by atoms with Crippen molar-refractivity contribution in [1.29, 1.82) is 0 Å². The first-order valence-corrected chi connectivity index (χ1v) is 6.13. The lowest BCUT2D eigenvalue weighted by molar-refractivity contribution is 0.677.